The van der Waals surface area contributed by atoms with E-state index in [0.717, 1.165) is 22.0 Å². The Morgan fingerprint density at radius 3 is 2.44 bits per heavy atom. The van der Waals surface area contributed by atoms with Gasteiger partial charge in [0.25, 0.3) is 0 Å². The lowest BCUT2D eigenvalue weighted by atomic mass is 9.98. The van der Waals surface area contributed by atoms with Crippen molar-refractivity contribution in [3.8, 4) is 0 Å². The van der Waals surface area contributed by atoms with Crippen LogP contribution in [0, 0.1) is 20.8 Å². The predicted octanol–water partition coefficient (Wildman–Crippen LogP) is 3.35. The fraction of sp³-hybridized carbons (Fsp3) is 0.333. The summed E-state index contributed by atoms with van der Waals surface area (Å²) < 4.78 is 0. The fourth-order valence-electron chi connectivity index (χ4n) is 2.30. The molecule has 0 radical (unpaired) electrons. The van der Waals surface area contributed by atoms with Gasteiger partial charge in [-0.05, 0) is 56.5 Å². The van der Waals surface area contributed by atoms with Gasteiger partial charge in [0.2, 0.25) is 0 Å². The van der Waals surface area contributed by atoms with Crippen LogP contribution in [0.1, 0.15) is 35.2 Å². The molecule has 0 aliphatic rings. The number of carbonyl (C=O) groups is 1. The number of rotatable bonds is 2. The van der Waals surface area contributed by atoms with Gasteiger partial charge >= 0.3 is 5.97 Å². The normalized spacial score (nSPS) is 12.7. The van der Waals surface area contributed by atoms with E-state index in [4.69, 9.17) is 5.11 Å². The Morgan fingerprint density at radius 1 is 1.17 bits per heavy atom. The molecule has 0 spiro atoms. The zero-order chi connectivity index (χ0) is 13.4. The summed E-state index contributed by atoms with van der Waals surface area (Å²) in [6.45, 7) is 7.66. The zero-order valence-electron chi connectivity index (χ0n) is 11.1. The highest BCUT2D eigenvalue weighted by molar-refractivity contribution is 5.85. The number of carboxylic acids is 1. The largest absolute Gasteiger partial charge is 0.481 e. The number of hydrogen-bond donors (Lipinski definition) is 1. The van der Waals surface area contributed by atoms with Crippen molar-refractivity contribution in [3.63, 3.8) is 0 Å². The highest BCUT2D eigenvalue weighted by Gasteiger charge is 2.18. The first-order chi connectivity index (χ1) is 8.40. The minimum atomic E-state index is -0.839. The SMILES string of the molecule is Cc1cc(C)c2cc(C)c(C(C)C(=O)O)nc2c1. The average Bonchev–Trinajstić information content (AvgIpc) is 2.28. The number of nitrogens with zero attached hydrogens (tertiary/aromatic N) is 1. The van der Waals surface area contributed by atoms with Crippen molar-refractivity contribution in [3.05, 3.63) is 40.6 Å². The van der Waals surface area contributed by atoms with Gasteiger partial charge < -0.3 is 5.11 Å². The molecule has 0 fully saturated rings. The van der Waals surface area contributed by atoms with Crippen molar-refractivity contribution in [2.45, 2.75) is 33.6 Å². The van der Waals surface area contributed by atoms with Crippen LogP contribution in [0.3, 0.4) is 0 Å². The van der Waals surface area contributed by atoms with E-state index in [2.05, 4.69) is 18.0 Å². The Labute approximate surface area is 106 Å². The smallest absolute Gasteiger partial charge is 0.312 e. The predicted molar refractivity (Wildman–Crippen MR) is 72.0 cm³/mol. The van der Waals surface area contributed by atoms with E-state index in [1.165, 1.54) is 5.56 Å². The van der Waals surface area contributed by atoms with Gasteiger partial charge in [0.15, 0.2) is 0 Å². The molecule has 1 aromatic carbocycles. The molecule has 0 aliphatic carbocycles. The monoisotopic (exact) mass is 243 g/mol. The first kappa shape index (κ1) is 12.6. The van der Waals surface area contributed by atoms with E-state index < -0.39 is 11.9 Å². The molecule has 0 amide bonds. The molecule has 1 N–H and O–H groups in total. The van der Waals surface area contributed by atoms with E-state index >= 15 is 0 Å². The Kier molecular flexibility index (Phi) is 3.07. The van der Waals surface area contributed by atoms with Crippen molar-refractivity contribution in [2.75, 3.05) is 0 Å². The van der Waals surface area contributed by atoms with Crippen molar-refractivity contribution in [1.29, 1.82) is 0 Å². The fourth-order valence-corrected chi connectivity index (χ4v) is 2.30. The first-order valence-corrected chi connectivity index (χ1v) is 6.01. The van der Waals surface area contributed by atoms with Crippen molar-refractivity contribution in [2.24, 2.45) is 0 Å². The van der Waals surface area contributed by atoms with Crippen LogP contribution in [0.2, 0.25) is 0 Å². The Morgan fingerprint density at radius 2 is 1.83 bits per heavy atom. The molecule has 18 heavy (non-hydrogen) atoms. The van der Waals surface area contributed by atoms with Crippen LogP contribution >= 0.6 is 0 Å². The molecule has 1 aromatic heterocycles. The van der Waals surface area contributed by atoms with Gasteiger partial charge in [0.1, 0.15) is 0 Å². The summed E-state index contributed by atoms with van der Waals surface area (Å²) in [5.74, 6) is -1.41. The Bertz CT molecular complexity index is 632. The van der Waals surface area contributed by atoms with Gasteiger partial charge in [-0.1, -0.05) is 6.07 Å². The van der Waals surface area contributed by atoms with Crippen LogP contribution in [-0.2, 0) is 4.79 Å². The van der Waals surface area contributed by atoms with Gasteiger partial charge in [-0.3, -0.25) is 9.78 Å². The summed E-state index contributed by atoms with van der Waals surface area (Å²) in [6, 6.07) is 6.15. The first-order valence-electron chi connectivity index (χ1n) is 6.01. The second-order valence-electron chi connectivity index (χ2n) is 4.90. The molecule has 1 heterocycles. The van der Waals surface area contributed by atoms with Crippen LogP contribution in [-0.4, -0.2) is 16.1 Å². The molecule has 0 saturated heterocycles. The van der Waals surface area contributed by atoms with Crippen molar-refractivity contribution >= 4 is 16.9 Å². The molecule has 2 aromatic rings. The minimum Gasteiger partial charge on any atom is -0.481 e. The van der Waals surface area contributed by atoms with Gasteiger partial charge in [0, 0.05) is 5.39 Å². The van der Waals surface area contributed by atoms with Crippen LogP contribution in [0.25, 0.3) is 10.9 Å². The summed E-state index contributed by atoms with van der Waals surface area (Å²) >= 11 is 0. The van der Waals surface area contributed by atoms with Crippen LogP contribution in [0.4, 0.5) is 0 Å². The highest BCUT2D eigenvalue weighted by atomic mass is 16.4. The summed E-state index contributed by atoms with van der Waals surface area (Å²) in [5.41, 5.74) is 4.78. The molecule has 94 valence electrons. The number of carboxylic acid groups (broad SMARTS) is 1. The second-order valence-corrected chi connectivity index (χ2v) is 4.90. The van der Waals surface area contributed by atoms with Gasteiger partial charge in [0.05, 0.1) is 17.1 Å². The second kappa shape index (κ2) is 4.41. The van der Waals surface area contributed by atoms with Gasteiger partial charge in [-0.15, -0.1) is 0 Å². The summed E-state index contributed by atoms with van der Waals surface area (Å²) in [6.07, 6.45) is 0. The number of aliphatic carboxylic acids is 1. The molecule has 3 heteroatoms. The van der Waals surface area contributed by atoms with E-state index in [1.807, 2.05) is 26.0 Å². The third-order valence-corrected chi connectivity index (χ3v) is 3.30. The van der Waals surface area contributed by atoms with E-state index in [-0.39, 0.29) is 0 Å². The molecular formula is C15H17NO2. The van der Waals surface area contributed by atoms with Gasteiger partial charge in [-0.25, -0.2) is 0 Å². The molecule has 0 saturated carbocycles. The Hall–Kier alpha value is -1.90. The van der Waals surface area contributed by atoms with Crippen molar-refractivity contribution in [1.82, 2.24) is 4.98 Å². The molecule has 3 nitrogen and oxygen atoms in total. The quantitative estimate of drug-likeness (QED) is 0.880. The van der Waals surface area contributed by atoms with Crippen LogP contribution in [0.5, 0.6) is 0 Å². The highest BCUT2D eigenvalue weighted by Crippen LogP contribution is 2.25. The third kappa shape index (κ3) is 2.08. The van der Waals surface area contributed by atoms with Gasteiger partial charge in [-0.2, -0.15) is 0 Å². The number of aryl methyl sites for hydroxylation is 3. The van der Waals surface area contributed by atoms with Crippen LogP contribution in [0.15, 0.2) is 18.2 Å². The zero-order valence-corrected chi connectivity index (χ0v) is 11.1. The lowest BCUT2D eigenvalue weighted by Gasteiger charge is -2.12. The van der Waals surface area contributed by atoms with Crippen LogP contribution < -0.4 is 0 Å². The molecule has 0 bridgehead atoms. The molecule has 2 rings (SSSR count). The summed E-state index contributed by atoms with van der Waals surface area (Å²) in [7, 11) is 0. The Balaban J connectivity index is 2.72. The number of fused-ring (bicyclic) bond motifs is 1. The number of benzene rings is 1. The lowest BCUT2D eigenvalue weighted by molar-refractivity contribution is -0.138. The standard InChI is InChI=1S/C15H17NO2/c1-8-5-9(2)12-7-10(3)14(11(4)15(17)18)16-13(12)6-8/h5-7,11H,1-4H3,(H,17,18). The van der Waals surface area contributed by atoms with E-state index in [1.54, 1.807) is 6.92 Å². The average molecular weight is 243 g/mol. The maximum atomic E-state index is 11.1. The van der Waals surface area contributed by atoms with Crippen molar-refractivity contribution < 1.29 is 9.90 Å². The summed E-state index contributed by atoms with van der Waals surface area (Å²) in [5, 5.41) is 10.2. The maximum absolute atomic E-state index is 11.1. The molecule has 1 atom stereocenters. The third-order valence-electron chi connectivity index (χ3n) is 3.30. The minimum absolute atomic E-state index is 0.574. The van der Waals surface area contributed by atoms with E-state index in [0.29, 0.717) is 5.69 Å². The molecule has 1 unspecified atom stereocenters. The van der Waals surface area contributed by atoms with E-state index in [9.17, 15) is 4.79 Å². The number of hydrogen-bond acceptors (Lipinski definition) is 2. The summed E-state index contributed by atoms with van der Waals surface area (Å²) in [4.78, 5) is 15.6. The topological polar surface area (TPSA) is 50.2 Å². The molecule has 0 aliphatic heterocycles. The number of pyridine rings is 1. The lowest BCUT2D eigenvalue weighted by Crippen LogP contribution is -2.11. The molecular weight excluding hydrogens is 226 g/mol. The maximum Gasteiger partial charge on any atom is 0.312 e. The number of aromatic nitrogens is 1.